The Labute approximate surface area is 124 Å². The van der Waals surface area contributed by atoms with Gasteiger partial charge in [0.15, 0.2) is 0 Å². The molecule has 0 radical (unpaired) electrons. The van der Waals surface area contributed by atoms with Gasteiger partial charge >= 0.3 is 7.12 Å². The lowest BCUT2D eigenvalue weighted by molar-refractivity contribution is -0.0983. The molecule has 2 aromatic rings. The maximum atomic E-state index is 10.2. The van der Waals surface area contributed by atoms with Gasteiger partial charge in [-0.05, 0) is 52.0 Å². The number of nitrogens with zero attached hydrogens (tertiary/aromatic N) is 1. The highest BCUT2D eigenvalue weighted by molar-refractivity contribution is 6.59. The molecule has 5 nitrogen and oxygen atoms in total. The zero-order chi connectivity index (χ0) is 15.8. The number of aliphatic hydroxyl groups is 1. The van der Waals surface area contributed by atoms with Crippen molar-refractivity contribution in [2.24, 2.45) is 0 Å². The number of aromatic amines is 1. The predicted molar refractivity (Wildman–Crippen MR) is 82.1 cm³/mol. The molecular weight excluding hydrogens is 267 g/mol. The van der Waals surface area contributed by atoms with E-state index < -0.39 is 18.3 Å². The van der Waals surface area contributed by atoms with E-state index in [1.165, 1.54) is 0 Å². The summed E-state index contributed by atoms with van der Waals surface area (Å²) in [5, 5.41) is 30.0. The summed E-state index contributed by atoms with van der Waals surface area (Å²) in [6, 6.07) is 9.04. The number of H-pyrrole nitrogens is 1. The minimum Gasteiger partial charge on any atom is -0.422 e. The van der Waals surface area contributed by atoms with Crippen LogP contribution in [0.3, 0.4) is 0 Å². The first-order valence-corrected chi connectivity index (χ1v) is 6.75. The highest BCUT2D eigenvalue weighted by Gasteiger charge is 2.39. The Bertz CT molecular complexity index is 695. The van der Waals surface area contributed by atoms with Crippen molar-refractivity contribution in [2.75, 3.05) is 0 Å². The summed E-state index contributed by atoms with van der Waals surface area (Å²) in [4.78, 5) is 3.05. The molecule has 0 amide bonds. The molecule has 1 aromatic carbocycles. The first-order chi connectivity index (χ1) is 9.64. The van der Waals surface area contributed by atoms with Crippen molar-refractivity contribution < 1.29 is 14.8 Å². The molecule has 2 rings (SSSR count). The van der Waals surface area contributed by atoms with Crippen LogP contribution >= 0.6 is 0 Å². The second kappa shape index (κ2) is 5.19. The smallest absolute Gasteiger partial charge is 0.422 e. The highest BCUT2D eigenvalue weighted by atomic mass is 16.5. The fourth-order valence-corrected chi connectivity index (χ4v) is 1.84. The molecule has 110 valence electrons. The van der Waals surface area contributed by atoms with Gasteiger partial charge in [0, 0.05) is 16.5 Å². The molecule has 0 fully saturated rings. The van der Waals surface area contributed by atoms with E-state index in [1.807, 2.05) is 0 Å². The van der Waals surface area contributed by atoms with Gasteiger partial charge in [-0.3, -0.25) is 0 Å². The van der Waals surface area contributed by atoms with Crippen LogP contribution in [0.1, 0.15) is 33.3 Å². The van der Waals surface area contributed by atoms with Crippen LogP contribution in [0.25, 0.3) is 10.9 Å². The van der Waals surface area contributed by atoms with E-state index in [0.29, 0.717) is 11.2 Å². The topological polar surface area (TPSA) is 89.3 Å². The molecule has 0 aliphatic heterocycles. The number of hydrogen-bond acceptors (Lipinski definition) is 4. The van der Waals surface area contributed by atoms with E-state index in [4.69, 9.17) is 9.92 Å². The Balaban J connectivity index is 2.28. The average Bonchev–Trinajstić information content (AvgIpc) is 2.79. The minimum atomic E-state index is -1.19. The zero-order valence-corrected chi connectivity index (χ0v) is 12.6. The van der Waals surface area contributed by atoms with E-state index in [2.05, 4.69) is 11.1 Å². The Kier molecular flexibility index (Phi) is 3.85. The maximum absolute atomic E-state index is 10.2. The number of hydrogen-bond donors (Lipinski definition) is 3. The summed E-state index contributed by atoms with van der Waals surface area (Å²) in [6.07, 6.45) is 0. The summed E-state index contributed by atoms with van der Waals surface area (Å²) < 4.78 is 5.58. The van der Waals surface area contributed by atoms with Gasteiger partial charge in [0.1, 0.15) is 0 Å². The molecule has 1 heterocycles. The Hall–Kier alpha value is -1.81. The van der Waals surface area contributed by atoms with Crippen molar-refractivity contribution in [2.45, 2.75) is 38.9 Å². The van der Waals surface area contributed by atoms with E-state index in [-0.39, 0.29) is 0 Å². The molecule has 0 bridgehead atoms. The quantitative estimate of drug-likeness (QED) is 0.739. The van der Waals surface area contributed by atoms with Crippen molar-refractivity contribution in [1.29, 1.82) is 5.26 Å². The monoisotopic (exact) mass is 286 g/mol. The standard InChI is InChI=1S/C15H19BN2O3/c1-14(2,19)15(3,4)21-16(20)13-8-11-7-10(9-17)5-6-12(11)18-13/h5-8,18-20H,1-4H3. The van der Waals surface area contributed by atoms with Crippen LogP contribution in [-0.4, -0.2) is 33.4 Å². The van der Waals surface area contributed by atoms with E-state index in [9.17, 15) is 10.1 Å². The molecule has 0 aliphatic carbocycles. The third-order valence-electron chi connectivity index (χ3n) is 3.92. The van der Waals surface area contributed by atoms with Crippen molar-refractivity contribution in [1.82, 2.24) is 4.98 Å². The molecule has 0 saturated heterocycles. The summed E-state index contributed by atoms with van der Waals surface area (Å²) in [5.41, 5.74) is -0.180. The van der Waals surface area contributed by atoms with Crippen molar-refractivity contribution in [3.05, 3.63) is 29.8 Å². The van der Waals surface area contributed by atoms with Crippen LogP contribution < -0.4 is 5.59 Å². The zero-order valence-electron chi connectivity index (χ0n) is 12.6. The van der Waals surface area contributed by atoms with Gasteiger partial charge in [-0.2, -0.15) is 5.26 Å². The Morgan fingerprint density at radius 3 is 2.48 bits per heavy atom. The van der Waals surface area contributed by atoms with Crippen molar-refractivity contribution in [3.8, 4) is 6.07 Å². The second-order valence-electron chi connectivity index (χ2n) is 6.18. The highest BCUT2D eigenvalue weighted by Crippen LogP contribution is 2.25. The molecule has 21 heavy (non-hydrogen) atoms. The molecule has 1 aromatic heterocycles. The van der Waals surface area contributed by atoms with E-state index in [0.717, 1.165) is 10.9 Å². The first-order valence-electron chi connectivity index (χ1n) is 6.75. The van der Waals surface area contributed by atoms with Gasteiger partial charge in [-0.1, -0.05) is 0 Å². The van der Waals surface area contributed by atoms with Crippen LogP contribution in [0.2, 0.25) is 0 Å². The van der Waals surface area contributed by atoms with Crippen molar-refractivity contribution >= 4 is 23.6 Å². The second-order valence-corrected chi connectivity index (χ2v) is 6.18. The van der Waals surface area contributed by atoms with Gasteiger partial charge < -0.3 is 19.8 Å². The lowest BCUT2D eigenvalue weighted by Gasteiger charge is -2.38. The van der Waals surface area contributed by atoms with Crippen LogP contribution in [0, 0.1) is 11.3 Å². The number of nitrogens with one attached hydrogen (secondary N) is 1. The molecule has 0 saturated carbocycles. The molecule has 0 atom stereocenters. The van der Waals surface area contributed by atoms with Gasteiger partial charge in [-0.15, -0.1) is 0 Å². The summed E-state index contributed by atoms with van der Waals surface area (Å²) in [7, 11) is -1.19. The first kappa shape index (κ1) is 15.6. The summed E-state index contributed by atoms with van der Waals surface area (Å²) in [6.45, 7) is 6.69. The van der Waals surface area contributed by atoms with Gasteiger partial charge in [-0.25, -0.2) is 0 Å². The lowest BCUT2D eigenvalue weighted by Crippen LogP contribution is -2.53. The van der Waals surface area contributed by atoms with Crippen LogP contribution in [-0.2, 0) is 4.65 Å². The number of fused-ring (bicyclic) bond motifs is 1. The van der Waals surface area contributed by atoms with Gasteiger partial charge in [0.2, 0.25) is 0 Å². The van der Waals surface area contributed by atoms with Crippen molar-refractivity contribution in [3.63, 3.8) is 0 Å². The SMILES string of the molecule is CC(C)(O)C(C)(C)OB(O)c1cc2cc(C#N)ccc2[nH]1. The van der Waals surface area contributed by atoms with Crippen LogP contribution in [0.15, 0.2) is 24.3 Å². The average molecular weight is 286 g/mol. The largest absolute Gasteiger partial charge is 0.508 e. The molecule has 0 spiro atoms. The molecule has 6 heteroatoms. The fraction of sp³-hybridized carbons (Fsp3) is 0.400. The summed E-state index contributed by atoms with van der Waals surface area (Å²) in [5.74, 6) is 0. The third-order valence-corrected chi connectivity index (χ3v) is 3.92. The lowest BCUT2D eigenvalue weighted by atomic mass is 9.80. The summed E-state index contributed by atoms with van der Waals surface area (Å²) >= 11 is 0. The Morgan fingerprint density at radius 2 is 1.90 bits per heavy atom. The fourth-order valence-electron chi connectivity index (χ4n) is 1.84. The van der Waals surface area contributed by atoms with Crippen LogP contribution in [0.4, 0.5) is 0 Å². The Morgan fingerprint density at radius 1 is 1.24 bits per heavy atom. The number of nitriles is 1. The maximum Gasteiger partial charge on any atom is 0.508 e. The molecule has 0 aliphatic rings. The van der Waals surface area contributed by atoms with Gasteiger partial charge in [0.05, 0.1) is 22.8 Å². The van der Waals surface area contributed by atoms with E-state index in [1.54, 1.807) is 52.0 Å². The predicted octanol–water partition coefficient (Wildman–Crippen LogP) is 1.29. The van der Waals surface area contributed by atoms with Crippen LogP contribution in [0.5, 0.6) is 0 Å². The minimum absolute atomic E-state index is 0.484. The van der Waals surface area contributed by atoms with E-state index >= 15 is 0 Å². The molecular formula is C15H19BN2O3. The number of benzene rings is 1. The normalized spacial score (nSPS) is 12.4. The van der Waals surface area contributed by atoms with Gasteiger partial charge in [0.25, 0.3) is 0 Å². The number of rotatable bonds is 4. The third kappa shape index (κ3) is 3.11. The number of aromatic nitrogens is 1. The molecule has 0 unspecified atom stereocenters. The molecule has 3 N–H and O–H groups in total.